The molecule has 0 spiro atoms. The number of piperidine rings is 1. The van der Waals surface area contributed by atoms with E-state index in [0.29, 0.717) is 11.6 Å². The van der Waals surface area contributed by atoms with Gasteiger partial charge >= 0.3 is 162 Å². The van der Waals surface area contributed by atoms with E-state index in [2.05, 4.69) is 48.1 Å². The van der Waals surface area contributed by atoms with Crippen LogP contribution in [0.3, 0.4) is 0 Å². The standard InChI is InChI=1S/C20H29BN6/c1-21-20(14-6-8-26(2)9-7-14)25-19-11-17-10-15(18(22)13-27(3)23)4-5-16(17)12-24-19/h4-5,10-14H,6-9,22-23H2,1-3H3,(H,24,25)/b18-13-. The van der Waals surface area contributed by atoms with Gasteiger partial charge in [0.05, 0.1) is 0 Å². The van der Waals surface area contributed by atoms with Gasteiger partial charge in [0.2, 0.25) is 0 Å². The normalized spacial score (nSPS) is 17.0. The molecule has 7 heteroatoms. The van der Waals surface area contributed by atoms with E-state index in [1.807, 2.05) is 18.3 Å². The number of hydrogen-bond acceptors (Lipinski definition) is 6. The summed E-state index contributed by atoms with van der Waals surface area (Å²) in [5.74, 6) is 7.09. The van der Waals surface area contributed by atoms with Gasteiger partial charge in [0.15, 0.2) is 0 Å². The second-order valence-electron chi connectivity index (χ2n) is 7.33. The van der Waals surface area contributed by atoms with E-state index >= 15 is 0 Å². The fraction of sp³-hybridized carbons (Fsp3) is 0.400. The predicted octanol–water partition coefficient (Wildman–Crippen LogP) is 1.93. The van der Waals surface area contributed by atoms with E-state index in [4.69, 9.17) is 11.6 Å². The van der Waals surface area contributed by atoms with Gasteiger partial charge in [0.25, 0.3) is 0 Å². The Morgan fingerprint density at radius 3 is 2.70 bits per heavy atom. The minimum atomic E-state index is 0.564. The van der Waals surface area contributed by atoms with Crippen LogP contribution in [0.5, 0.6) is 0 Å². The molecule has 0 saturated carbocycles. The number of rotatable bonds is 5. The van der Waals surface area contributed by atoms with Gasteiger partial charge in [0.1, 0.15) is 0 Å². The van der Waals surface area contributed by atoms with Crippen molar-refractivity contribution in [3.05, 3.63) is 42.2 Å². The first-order valence-corrected chi connectivity index (χ1v) is 9.43. The number of nitrogens with zero attached hydrogens (tertiary/aromatic N) is 3. The van der Waals surface area contributed by atoms with Gasteiger partial charge in [-0.1, -0.05) is 0 Å². The van der Waals surface area contributed by atoms with Crippen molar-refractivity contribution in [1.29, 1.82) is 0 Å². The molecule has 27 heavy (non-hydrogen) atoms. The molecule has 3 rings (SSSR count). The van der Waals surface area contributed by atoms with Gasteiger partial charge in [-0.3, -0.25) is 0 Å². The van der Waals surface area contributed by atoms with Crippen molar-refractivity contribution >= 4 is 34.8 Å². The average molecular weight is 364 g/mol. The van der Waals surface area contributed by atoms with Crippen LogP contribution in [-0.2, 0) is 0 Å². The van der Waals surface area contributed by atoms with Gasteiger partial charge < -0.3 is 0 Å². The van der Waals surface area contributed by atoms with Crippen LogP contribution in [0.4, 0.5) is 5.82 Å². The zero-order valence-corrected chi connectivity index (χ0v) is 16.4. The summed E-state index contributed by atoms with van der Waals surface area (Å²) >= 11 is 0. The fourth-order valence-corrected chi connectivity index (χ4v) is 3.56. The minimum absolute atomic E-state index is 0.564. The Hall–Kier alpha value is -2.38. The molecule has 5 N–H and O–H groups in total. The first-order chi connectivity index (χ1) is 13.0. The van der Waals surface area contributed by atoms with Crippen LogP contribution in [-0.4, -0.2) is 54.6 Å². The van der Waals surface area contributed by atoms with Crippen LogP contribution in [0.2, 0.25) is 6.82 Å². The van der Waals surface area contributed by atoms with Crippen molar-refractivity contribution < 1.29 is 0 Å². The summed E-state index contributed by atoms with van der Waals surface area (Å²) in [4.78, 5) is 6.98. The number of pyridine rings is 1. The summed E-state index contributed by atoms with van der Waals surface area (Å²) in [7, 11) is 3.94. The quantitative estimate of drug-likeness (QED) is 0.427. The molecule has 0 radical (unpaired) electrons. The molecule has 1 aromatic carbocycles. The average Bonchev–Trinajstić information content (AvgIpc) is 2.65. The van der Waals surface area contributed by atoms with Gasteiger partial charge in [0, 0.05) is 0 Å². The summed E-state index contributed by atoms with van der Waals surface area (Å²) < 4.78 is 0. The van der Waals surface area contributed by atoms with Gasteiger partial charge in [-0.25, -0.2) is 0 Å². The van der Waals surface area contributed by atoms with Crippen LogP contribution in [0, 0.1) is 5.92 Å². The maximum absolute atomic E-state index is 6.13. The molecule has 2 heterocycles. The Morgan fingerprint density at radius 1 is 1.30 bits per heavy atom. The van der Waals surface area contributed by atoms with E-state index in [-0.39, 0.29) is 0 Å². The number of aromatic nitrogens is 1. The van der Waals surface area contributed by atoms with Crippen LogP contribution >= 0.6 is 0 Å². The van der Waals surface area contributed by atoms with E-state index in [9.17, 15) is 0 Å². The van der Waals surface area contributed by atoms with E-state index in [1.54, 1.807) is 13.2 Å². The first kappa shape index (κ1) is 19.4. The third-order valence-electron chi connectivity index (χ3n) is 5.14. The van der Waals surface area contributed by atoms with Crippen molar-refractivity contribution in [3.8, 4) is 0 Å². The maximum atomic E-state index is 6.13. The molecule has 1 aromatic heterocycles. The second-order valence-corrected chi connectivity index (χ2v) is 7.33. The molecule has 0 amide bonds. The van der Waals surface area contributed by atoms with E-state index in [0.717, 1.165) is 35.2 Å². The molecule has 0 aliphatic carbocycles. The van der Waals surface area contributed by atoms with Crippen molar-refractivity contribution in [2.24, 2.45) is 17.5 Å². The van der Waals surface area contributed by atoms with Crippen LogP contribution in [0.15, 0.2) is 36.7 Å². The molecule has 1 fully saturated rings. The summed E-state index contributed by atoms with van der Waals surface area (Å²) in [6.45, 7) is 6.55. The van der Waals surface area contributed by atoms with Gasteiger partial charge in [-0.05, 0) is 0 Å². The second kappa shape index (κ2) is 8.54. The molecule has 1 aliphatic rings. The number of hydrazine groups is 1. The number of benzene rings is 1. The molecular formula is C20H29BN6. The molecule has 0 unspecified atom stereocenters. The Balaban J connectivity index is 1.82. The fourth-order valence-electron chi connectivity index (χ4n) is 3.56. The Morgan fingerprint density at radius 2 is 2.04 bits per heavy atom. The topological polar surface area (TPSA) is 83.4 Å². The van der Waals surface area contributed by atoms with Gasteiger partial charge in [-0.2, -0.15) is 0 Å². The number of nitrogens with one attached hydrogen (secondary N) is 1. The van der Waals surface area contributed by atoms with Crippen molar-refractivity contribution in [2.45, 2.75) is 19.7 Å². The Labute approximate surface area is 162 Å². The molecule has 6 nitrogen and oxygen atoms in total. The zero-order chi connectivity index (χ0) is 19.4. The molecular weight excluding hydrogens is 335 g/mol. The molecule has 1 aliphatic heterocycles. The molecule has 142 valence electrons. The first-order valence-electron chi connectivity index (χ1n) is 9.43. The summed E-state index contributed by atoms with van der Waals surface area (Å²) in [6.07, 6.45) is 5.96. The van der Waals surface area contributed by atoms with E-state index < -0.39 is 0 Å². The monoisotopic (exact) mass is 364 g/mol. The Bertz CT molecular complexity index is 853. The van der Waals surface area contributed by atoms with E-state index in [1.165, 1.54) is 23.4 Å². The zero-order valence-electron chi connectivity index (χ0n) is 16.4. The number of likely N-dealkylation sites (tertiary alicyclic amines) is 1. The third-order valence-corrected chi connectivity index (χ3v) is 5.14. The molecule has 0 atom stereocenters. The molecule has 1 saturated heterocycles. The van der Waals surface area contributed by atoms with Crippen LogP contribution in [0.25, 0.3) is 16.5 Å². The summed E-state index contributed by atoms with van der Waals surface area (Å²) in [6, 6.07) is 8.17. The Kier molecular flexibility index (Phi) is 6.13. The number of hydrogen-bond donors (Lipinski definition) is 3. The molecule has 0 bridgehead atoms. The summed E-state index contributed by atoms with van der Waals surface area (Å²) in [5.41, 5.74) is 8.97. The van der Waals surface area contributed by atoms with Crippen molar-refractivity contribution in [3.63, 3.8) is 0 Å². The van der Waals surface area contributed by atoms with Gasteiger partial charge in [-0.15, -0.1) is 0 Å². The number of anilines is 1. The van der Waals surface area contributed by atoms with Crippen molar-refractivity contribution in [2.75, 3.05) is 32.5 Å². The van der Waals surface area contributed by atoms with Crippen LogP contribution < -0.4 is 16.9 Å². The SMILES string of the molecule is C/B=C(\Nc1cc2cc(/C(N)=C/N(C)N)ccc2cn1)C1CCN(C)CC1. The van der Waals surface area contributed by atoms with Crippen molar-refractivity contribution in [1.82, 2.24) is 14.9 Å². The number of fused-ring (bicyclic) bond motifs is 1. The van der Waals surface area contributed by atoms with Crippen LogP contribution in [0.1, 0.15) is 18.4 Å². The predicted molar refractivity (Wildman–Crippen MR) is 116 cm³/mol. The summed E-state index contributed by atoms with van der Waals surface area (Å²) in [5, 5.41) is 7.18. The molecule has 2 aromatic rings. The number of nitrogens with two attached hydrogens (primary N) is 2. The third kappa shape index (κ3) is 4.87.